The van der Waals surface area contributed by atoms with Crippen LogP contribution in [0.15, 0.2) is 18.5 Å². The van der Waals surface area contributed by atoms with Crippen LogP contribution in [0.2, 0.25) is 0 Å². The van der Waals surface area contributed by atoms with Crippen molar-refractivity contribution >= 4 is 29.2 Å². The van der Waals surface area contributed by atoms with Gasteiger partial charge in [-0.25, -0.2) is 4.98 Å². The lowest BCUT2D eigenvalue weighted by atomic mass is 9.92. The van der Waals surface area contributed by atoms with Crippen molar-refractivity contribution in [3.05, 3.63) is 18.5 Å². The average molecular weight is 467 g/mol. The number of anilines is 2. The molecule has 3 aliphatic rings. The van der Waals surface area contributed by atoms with Gasteiger partial charge >= 0.3 is 0 Å². The highest BCUT2D eigenvalue weighted by Gasteiger charge is 2.25. The highest BCUT2D eigenvalue weighted by molar-refractivity contribution is 5.84. The van der Waals surface area contributed by atoms with Gasteiger partial charge in [0, 0.05) is 43.8 Å². The van der Waals surface area contributed by atoms with E-state index in [1.165, 1.54) is 25.7 Å². The molecule has 9 nitrogen and oxygen atoms in total. The monoisotopic (exact) mass is 466 g/mol. The zero-order chi connectivity index (χ0) is 23.3. The molecule has 2 saturated carbocycles. The maximum Gasteiger partial charge on any atom is 0.227 e. The number of allylic oxidation sites excluding steroid dienone is 1. The van der Waals surface area contributed by atoms with E-state index in [9.17, 15) is 4.79 Å². The SMILES string of the molecule is NC1CCC(Nc2nc(NC3CCN(CC=CC=O)CC3)c3ncn(C4CCCC4)c3n2)CC1. The van der Waals surface area contributed by atoms with Gasteiger partial charge in [-0.05, 0) is 57.4 Å². The van der Waals surface area contributed by atoms with E-state index in [0.29, 0.717) is 30.1 Å². The Morgan fingerprint density at radius 3 is 2.44 bits per heavy atom. The number of nitrogens with one attached hydrogen (secondary N) is 2. The van der Waals surface area contributed by atoms with Gasteiger partial charge in [-0.2, -0.15) is 9.97 Å². The molecule has 0 spiro atoms. The maximum atomic E-state index is 10.5. The van der Waals surface area contributed by atoms with Crippen molar-refractivity contribution < 1.29 is 4.79 Å². The fourth-order valence-electron chi connectivity index (χ4n) is 5.70. The molecule has 1 saturated heterocycles. The molecule has 2 aromatic heterocycles. The molecule has 0 unspecified atom stereocenters. The van der Waals surface area contributed by atoms with E-state index in [4.69, 9.17) is 20.7 Å². The summed E-state index contributed by atoms with van der Waals surface area (Å²) in [6.45, 7) is 2.83. The van der Waals surface area contributed by atoms with E-state index in [2.05, 4.69) is 20.1 Å². The van der Waals surface area contributed by atoms with Crippen LogP contribution in [0, 0.1) is 0 Å². The lowest BCUT2D eigenvalue weighted by Crippen LogP contribution is -2.39. The molecule has 0 aromatic carbocycles. The van der Waals surface area contributed by atoms with Crippen LogP contribution in [0.1, 0.15) is 70.3 Å². The number of aromatic nitrogens is 4. The topological polar surface area (TPSA) is 114 Å². The molecule has 0 atom stereocenters. The number of hydrogen-bond donors (Lipinski definition) is 3. The zero-order valence-corrected chi connectivity index (χ0v) is 20.0. The summed E-state index contributed by atoms with van der Waals surface area (Å²) >= 11 is 0. The summed E-state index contributed by atoms with van der Waals surface area (Å²) in [6, 6.07) is 1.52. The molecule has 5 rings (SSSR count). The van der Waals surface area contributed by atoms with Crippen LogP contribution in [0.3, 0.4) is 0 Å². The first-order chi connectivity index (χ1) is 16.7. The van der Waals surface area contributed by atoms with Crippen LogP contribution in [0.4, 0.5) is 11.8 Å². The van der Waals surface area contributed by atoms with Gasteiger partial charge in [0.15, 0.2) is 17.0 Å². The number of likely N-dealkylation sites (tertiary alicyclic amines) is 1. The van der Waals surface area contributed by atoms with Gasteiger partial charge in [-0.3, -0.25) is 9.69 Å². The van der Waals surface area contributed by atoms with Gasteiger partial charge in [0.2, 0.25) is 5.95 Å². The number of hydrogen-bond acceptors (Lipinski definition) is 8. The van der Waals surface area contributed by atoms with Crippen molar-refractivity contribution in [1.82, 2.24) is 24.4 Å². The van der Waals surface area contributed by atoms with Crippen molar-refractivity contribution in [2.45, 2.75) is 88.4 Å². The van der Waals surface area contributed by atoms with Gasteiger partial charge in [0.05, 0.1) is 6.33 Å². The number of fused-ring (bicyclic) bond motifs is 1. The largest absolute Gasteiger partial charge is 0.365 e. The lowest BCUT2D eigenvalue weighted by molar-refractivity contribution is -0.104. The molecule has 3 heterocycles. The smallest absolute Gasteiger partial charge is 0.227 e. The standard InChI is InChI=1S/C25H38N8O/c26-18-7-9-19(10-8-18)29-25-30-23(28-20-11-14-32(15-12-20)13-3-4-16-34)22-24(31-25)33(17-27-22)21-5-1-2-6-21/h3-4,16-21H,1-2,5-15,26H2,(H2,28,29,30,31). The number of piperidine rings is 1. The Morgan fingerprint density at radius 1 is 0.971 bits per heavy atom. The minimum atomic E-state index is 0.322. The first-order valence-corrected chi connectivity index (χ1v) is 13.1. The highest BCUT2D eigenvalue weighted by atomic mass is 16.1. The van der Waals surface area contributed by atoms with Gasteiger partial charge in [0.1, 0.15) is 6.29 Å². The van der Waals surface area contributed by atoms with Crippen LogP contribution < -0.4 is 16.4 Å². The molecule has 2 aliphatic carbocycles. The fourth-order valence-corrected chi connectivity index (χ4v) is 5.70. The van der Waals surface area contributed by atoms with Crippen molar-refractivity contribution in [3.63, 3.8) is 0 Å². The zero-order valence-electron chi connectivity index (χ0n) is 20.0. The molecular weight excluding hydrogens is 428 g/mol. The third-order valence-electron chi connectivity index (χ3n) is 7.75. The Morgan fingerprint density at radius 2 is 1.71 bits per heavy atom. The Balaban J connectivity index is 1.34. The first-order valence-electron chi connectivity index (χ1n) is 13.1. The minimum Gasteiger partial charge on any atom is -0.365 e. The Bertz CT molecular complexity index is 982. The van der Waals surface area contributed by atoms with Crippen LogP contribution in [-0.2, 0) is 4.79 Å². The number of aldehydes is 1. The minimum absolute atomic E-state index is 0.322. The maximum absolute atomic E-state index is 10.5. The van der Waals surface area contributed by atoms with Crippen LogP contribution in [0.5, 0.6) is 0 Å². The number of carbonyl (C=O) groups is 1. The summed E-state index contributed by atoms with van der Waals surface area (Å²) < 4.78 is 2.28. The predicted octanol–water partition coefficient (Wildman–Crippen LogP) is 3.25. The van der Waals surface area contributed by atoms with Gasteiger partial charge in [0.25, 0.3) is 0 Å². The summed E-state index contributed by atoms with van der Waals surface area (Å²) in [6.07, 6.45) is 17.5. The van der Waals surface area contributed by atoms with Gasteiger partial charge < -0.3 is 20.9 Å². The lowest BCUT2D eigenvalue weighted by Gasteiger charge is -2.32. The molecule has 4 N–H and O–H groups in total. The van der Waals surface area contributed by atoms with E-state index in [0.717, 1.165) is 81.4 Å². The van der Waals surface area contributed by atoms with Crippen LogP contribution in [-0.4, -0.2) is 68.5 Å². The third-order valence-corrected chi connectivity index (χ3v) is 7.75. The average Bonchev–Trinajstić information content (AvgIpc) is 3.52. The molecule has 184 valence electrons. The molecule has 0 amide bonds. The second-order valence-electron chi connectivity index (χ2n) is 10.2. The van der Waals surface area contributed by atoms with Crippen molar-refractivity contribution in [2.24, 2.45) is 5.73 Å². The summed E-state index contributed by atoms with van der Waals surface area (Å²) in [7, 11) is 0. The van der Waals surface area contributed by atoms with Crippen molar-refractivity contribution in [3.8, 4) is 0 Å². The van der Waals surface area contributed by atoms with E-state index in [-0.39, 0.29) is 0 Å². The molecule has 0 bridgehead atoms. The van der Waals surface area contributed by atoms with Crippen molar-refractivity contribution in [2.75, 3.05) is 30.3 Å². The van der Waals surface area contributed by atoms with Crippen LogP contribution >= 0.6 is 0 Å². The first kappa shape index (κ1) is 23.2. The summed E-state index contributed by atoms with van der Waals surface area (Å²) in [4.78, 5) is 27.6. The summed E-state index contributed by atoms with van der Waals surface area (Å²) in [5, 5.41) is 7.32. The third kappa shape index (κ3) is 5.41. The predicted molar refractivity (Wildman–Crippen MR) is 135 cm³/mol. The normalized spacial score (nSPS) is 25.3. The molecule has 0 radical (unpaired) electrons. The van der Waals surface area contributed by atoms with Gasteiger partial charge in [-0.15, -0.1) is 0 Å². The molecule has 3 fully saturated rings. The summed E-state index contributed by atoms with van der Waals surface area (Å²) in [5.74, 6) is 1.54. The van der Waals surface area contributed by atoms with E-state index in [1.807, 2.05) is 12.4 Å². The van der Waals surface area contributed by atoms with Gasteiger partial charge in [-0.1, -0.05) is 18.9 Å². The number of nitrogens with two attached hydrogens (primary N) is 1. The molecule has 1 aliphatic heterocycles. The number of rotatable bonds is 8. The number of carbonyl (C=O) groups excluding carboxylic acids is 1. The molecule has 9 heteroatoms. The Kier molecular flexibility index (Phi) is 7.39. The molecule has 34 heavy (non-hydrogen) atoms. The van der Waals surface area contributed by atoms with Crippen molar-refractivity contribution in [1.29, 1.82) is 0 Å². The van der Waals surface area contributed by atoms with Crippen LogP contribution in [0.25, 0.3) is 11.2 Å². The molecular formula is C25H38N8O. The number of nitrogens with zero attached hydrogens (tertiary/aromatic N) is 5. The second kappa shape index (κ2) is 10.8. The van der Waals surface area contributed by atoms with E-state index >= 15 is 0 Å². The fraction of sp³-hybridized carbons (Fsp3) is 0.680. The van der Waals surface area contributed by atoms with E-state index in [1.54, 1.807) is 6.08 Å². The quantitative estimate of drug-likeness (QED) is 0.401. The Labute approximate surface area is 201 Å². The summed E-state index contributed by atoms with van der Waals surface area (Å²) in [5.41, 5.74) is 7.92. The number of imidazole rings is 1. The van der Waals surface area contributed by atoms with E-state index < -0.39 is 0 Å². The second-order valence-corrected chi connectivity index (χ2v) is 10.2. The Hall–Kier alpha value is -2.52. The molecule has 2 aromatic rings. The highest BCUT2D eigenvalue weighted by Crippen LogP contribution is 2.33.